The molecule has 1 aromatic heterocycles. The molecule has 1 aliphatic heterocycles. The maximum atomic E-state index is 11.4. The molecule has 27 heavy (non-hydrogen) atoms. The number of hydrogen-bond donors (Lipinski definition) is 1. The van der Waals surface area contributed by atoms with Crippen molar-refractivity contribution in [2.45, 2.75) is 19.5 Å². The maximum Gasteiger partial charge on any atom is 0.270 e. The van der Waals surface area contributed by atoms with E-state index in [0.717, 1.165) is 34.0 Å². The Bertz CT molecular complexity index is 1040. The van der Waals surface area contributed by atoms with Gasteiger partial charge in [-0.25, -0.2) is 4.98 Å². The number of nitrogens with zero attached hydrogens (tertiary/aromatic N) is 4. The summed E-state index contributed by atoms with van der Waals surface area (Å²) >= 11 is 0. The van der Waals surface area contributed by atoms with E-state index in [1.54, 1.807) is 12.1 Å². The summed E-state index contributed by atoms with van der Waals surface area (Å²) in [7, 11) is 1.88. The lowest BCUT2D eigenvalue weighted by Crippen LogP contribution is -2.14. The minimum atomic E-state index is -0.374. The molecule has 1 N–H and O–H groups in total. The van der Waals surface area contributed by atoms with Crippen molar-refractivity contribution in [3.8, 4) is 5.69 Å². The van der Waals surface area contributed by atoms with Gasteiger partial charge in [0, 0.05) is 29.8 Å². The average Bonchev–Trinajstić information content (AvgIpc) is 3.05. The first-order valence-corrected chi connectivity index (χ1v) is 8.73. The number of aromatic nitrogens is 2. The van der Waals surface area contributed by atoms with Gasteiger partial charge in [0.2, 0.25) is 0 Å². The highest BCUT2D eigenvalue weighted by Gasteiger charge is 2.27. The molecule has 2 aromatic carbocycles. The summed E-state index contributed by atoms with van der Waals surface area (Å²) in [6.07, 6.45) is 1.83. The number of hydrogen-bond acceptors (Lipinski definition) is 5. The molecule has 0 fully saturated rings. The second kappa shape index (κ2) is 6.77. The molecule has 1 atom stereocenters. The number of imidazole rings is 1. The molecule has 0 saturated carbocycles. The predicted octanol–water partition coefficient (Wildman–Crippen LogP) is 3.41. The molecule has 1 unspecified atom stereocenters. The Kier molecular flexibility index (Phi) is 4.29. The second-order valence-electron chi connectivity index (χ2n) is 6.45. The van der Waals surface area contributed by atoms with Crippen LogP contribution in [0.15, 0.2) is 59.7 Å². The quantitative estimate of drug-likeness (QED) is 0.570. The van der Waals surface area contributed by atoms with Crippen molar-refractivity contribution >= 4 is 11.4 Å². The molecule has 7 nitrogen and oxygen atoms in total. The summed E-state index contributed by atoms with van der Waals surface area (Å²) in [6, 6.07) is 14.5. The van der Waals surface area contributed by atoms with E-state index in [0.29, 0.717) is 6.54 Å². The van der Waals surface area contributed by atoms with Crippen LogP contribution in [0, 0.1) is 10.1 Å². The highest BCUT2D eigenvalue weighted by Crippen LogP contribution is 2.33. The van der Waals surface area contributed by atoms with Crippen molar-refractivity contribution in [3.63, 3.8) is 0 Å². The second-order valence-corrected chi connectivity index (χ2v) is 6.45. The molecule has 0 aliphatic carbocycles. The number of aliphatic imine (C=N–C) groups is 1. The molecular weight excluding hydrogens is 342 g/mol. The first kappa shape index (κ1) is 17.1. The topological polar surface area (TPSA) is 85.3 Å². The van der Waals surface area contributed by atoms with Crippen LogP contribution in [0.3, 0.4) is 0 Å². The van der Waals surface area contributed by atoms with Gasteiger partial charge in [-0.05, 0) is 20.0 Å². The van der Waals surface area contributed by atoms with Crippen LogP contribution in [0.1, 0.15) is 35.6 Å². The highest BCUT2D eigenvalue weighted by atomic mass is 16.6. The maximum absolute atomic E-state index is 11.4. The van der Waals surface area contributed by atoms with Crippen LogP contribution in [0.4, 0.5) is 5.69 Å². The van der Waals surface area contributed by atoms with Gasteiger partial charge in [-0.2, -0.15) is 0 Å². The largest absolute Gasteiger partial charge is 0.314 e. The number of fused-ring (bicyclic) bond motifs is 3. The van der Waals surface area contributed by atoms with E-state index in [4.69, 9.17) is 4.99 Å². The minimum Gasteiger partial charge on any atom is -0.314 e. The van der Waals surface area contributed by atoms with Crippen molar-refractivity contribution < 1.29 is 4.92 Å². The van der Waals surface area contributed by atoms with Crippen LogP contribution in [-0.2, 0) is 6.54 Å². The van der Waals surface area contributed by atoms with Gasteiger partial charge >= 0.3 is 0 Å². The zero-order valence-corrected chi connectivity index (χ0v) is 15.1. The van der Waals surface area contributed by atoms with E-state index in [9.17, 15) is 10.1 Å². The van der Waals surface area contributed by atoms with Crippen LogP contribution in [0.5, 0.6) is 0 Å². The summed E-state index contributed by atoms with van der Waals surface area (Å²) in [5.74, 6) is 0.821. The lowest BCUT2D eigenvalue weighted by atomic mass is 9.99. The number of nitro benzene ring substituents is 1. The zero-order valence-electron chi connectivity index (χ0n) is 15.1. The third kappa shape index (κ3) is 2.92. The molecule has 0 spiro atoms. The van der Waals surface area contributed by atoms with Crippen LogP contribution in [0.25, 0.3) is 5.69 Å². The highest BCUT2D eigenvalue weighted by molar-refractivity contribution is 6.15. The van der Waals surface area contributed by atoms with Gasteiger partial charge in [0.05, 0.1) is 28.2 Å². The van der Waals surface area contributed by atoms with Gasteiger partial charge in [0.15, 0.2) is 0 Å². The van der Waals surface area contributed by atoms with Gasteiger partial charge in [-0.1, -0.05) is 30.3 Å². The van der Waals surface area contributed by atoms with Crippen LogP contribution in [-0.4, -0.2) is 27.2 Å². The number of nitrogens with one attached hydrogen (secondary N) is 1. The molecule has 0 saturated heterocycles. The number of non-ortho nitro benzene ring substituents is 1. The van der Waals surface area contributed by atoms with E-state index in [2.05, 4.69) is 14.9 Å². The number of benzene rings is 2. The molecule has 0 amide bonds. The van der Waals surface area contributed by atoms with E-state index >= 15 is 0 Å². The van der Waals surface area contributed by atoms with E-state index in [-0.39, 0.29) is 16.7 Å². The fourth-order valence-corrected chi connectivity index (χ4v) is 3.45. The number of nitro groups is 1. The van der Waals surface area contributed by atoms with Gasteiger partial charge < -0.3 is 5.32 Å². The van der Waals surface area contributed by atoms with Crippen LogP contribution >= 0.6 is 0 Å². The minimum absolute atomic E-state index is 0.0452. The molecule has 2 heterocycles. The average molecular weight is 361 g/mol. The van der Waals surface area contributed by atoms with Gasteiger partial charge in [-0.3, -0.25) is 19.7 Å². The molecule has 0 bridgehead atoms. The summed E-state index contributed by atoms with van der Waals surface area (Å²) in [4.78, 5) is 20.5. The van der Waals surface area contributed by atoms with Crippen molar-refractivity contribution in [2.24, 2.45) is 4.99 Å². The van der Waals surface area contributed by atoms with Crippen molar-refractivity contribution in [3.05, 3.63) is 87.5 Å². The SMILES string of the molecule is CNCc1cnc2n1-c1ccc([N+](=O)[O-])cc1C(c1ccccc1)=NC2C. The normalized spacial score (nSPS) is 15.5. The predicted molar refractivity (Wildman–Crippen MR) is 103 cm³/mol. The summed E-state index contributed by atoms with van der Waals surface area (Å²) in [6.45, 7) is 2.63. The van der Waals surface area contributed by atoms with Crippen molar-refractivity contribution in [1.82, 2.24) is 14.9 Å². The Morgan fingerprint density at radius 3 is 2.70 bits per heavy atom. The van der Waals surface area contributed by atoms with Gasteiger partial charge in [0.1, 0.15) is 11.9 Å². The third-order valence-corrected chi connectivity index (χ3v) is 4.65. The smallest absolute Gasteiger partial charge is 0.270 e. The molecule has 136 valence electrons. The Morgan fingerprint density at radius 2 is 2.00 bits per heavy atom. The Morgan fingerprint density at radius 1 is 1.22 bits per heavy atom. The lowest BCUT2D eigenvalue weighted by Gasteiger charge is -2.14. The molecule has 0 radical (unpaired) electrons. The Balaban J connectivity index is 2.02. The van der Waals surface area contributed by atoms with Gasteiger partial charge in [-0.15, -0.1) is 0 Å². The molecule has 4 rings (SSSR count). The standard InChI is InChI=1S/C20H19N5O2/c1-13-20-22-12-16(11-21-2)24(20)18-9-8-15(25(26)27)10-17(18)19(23-13)14-6-4-3-5-7-14/h3-10,12-13,21H,11H2,1-2H3. The fourth-order valence-electron chi connectivity index (χ4n) is 3.45. The Hall–Kier alpha value is -3.32. The van der Waals surface area contributed by atoms with E-state index < -0.39 is 0 Å². The summed E-state index contributed by atoms with van der Waals surface area (Å²) in [5, 5.41) is 14.5. The van der Waals surface area contributed by atoms with Crippen molar-refractivity contribution in [1.29, 1.82) is 0 Å². The van der Waals surface area contributed by atoms with E-state index in [1.807, 2.05) is 50.5 Å². The molecule has 7 heteroatoms. The summed E-state index contributed by atoms with van der Waals surface area (Å²) in [5.41, 5.74) is 4.28. The fraction of sp³-hybridized carbons (Fsp3) is 0.200. The molecule has 3 aromatic rings. The van der Waals surface area contributed by atoms with Crippen molar-refractivity contribution in [2.75, 3.05) is 7.05 Å². The number of rotatable bonds is 4. The monoisotopic (exact) mass is 361 g/mol. The van der Waals surface area contributed by atoms with E-state index in [1.165, 1.54) is 6.07 Å². The van der Waals surface area contributed by atoms with Crippen LogP contribution < -0.4 is 5.32 Å². The lowest BCUT2D eigenvalue weighted by molar-refractivity contribution is -0.384. The first-order chi connectivity index (χ1) is 13.1. The Labute approximate surface area is 156 Å². The zero-order chi connectivity index (χ0) is 19.0. The first-order valence-electron chi connectivity index (χ1n) is 8.73. The van der Waals surface area contributed by atoms with Gasteiger partial charge in [0.25, 0.3) is 5.69 Å². The van der Waals surface area contributed by atoms with Crippen LogP contribution in [0.2, 0.25) is 0 Å². The third-order valence-electron chi connectivity index (χ3n) is 4.65. The molecular formula is C20H19N5O2. The molecule has 1 aliphatic rings. The summed E-state index contributed by atoms with van der Waals surface area (Å²) < 4.78 is 2.06.